The molecule has 4 heteroatoms. The van der Waals surface area contributed by atoms with E-state index in [4.69, 9.17) is 5.73 Å². The van der Waals surface area contributed by atoms with Crippen LogP contribution in [-0.4, -0.2) is 21.9 Å². The van der Waals surface area contributed by atoms with E-state index in [0.717, 1.165) is 43.0 Å². The highest BCUT2D eigenvalue weighted by Gasteiger charge is 2.22. The van der Waals surface area contributed by atoms with Gasteiger partial charge in [0.1, 0.15) is 11.5 Å². The summed E-state index contributed by atoms with van der Waals surface area (Å²) >= 11 is 0. The summed E-state index contributed by atoms with van der Waals surface area (Å²) in [6.07, 6.45) is 4.11. The molecule has 0 saturated carbocycles. The molecule has 1 aromatic heterocycles. The minimum Gasteiger partial charge on any atom is -0.325 e. The van der Waals surface area contributed by atoms with Crippen LogP contribution < -0.4 is 5.73 Å². The van der Waals surface area contributed by atoms with Crippen LogP contribution in [0.1, 0.15) is 41.8 Å². The predicted octanol–water partition coefficient (Wildman–Crippen LogP) is 0.923. The second kappa shape index (κ2) is 4.14. The van der Waals surface area contributed by atoms with E-state index in [1.54, 1.807) is 0 Å². The molecule has 1 aliphatic rings. The lowest BCUT2D eigenvalue weighted by atomic mass is 10.1. The van der Waals surface area contributed by atoms with Gasteiger partial charge in [-0.15, -0.1) is 0 Å². The van der Waals surface area contributed by atoms with E-state index in [-0.39, 0.29) is 12.3 Å². The molecule has 0 amide bonds. The van der Waals surface area contributed by atoms with Crippen LogP contribution in [0.15, 0.2) is 0 Å². The number of nitrogens with zero attached hydrogens (tertiary/aromatic N) is 2. The van der Waals surface area contributed by atoms with Crippen LogP contribution in [0.5, 0.6) is 0 Å². The van der Waals surface area contributed by atoms with Gasteiger partial charge in [-0.1, -0.05) is 6.92 Å². The van der Waals surface area contributed by atoms with Crippen molar-refractivity contribution in [1.82, 2.24) is 9.55 Å². The number of imidazole rings is 1. The number of rotatable bonds is 3. The van der Waals surface area contributed by atoms with Gasteiger partial charge in [0.15, 0.2) is 5.78 Å². The minimum atomic E-state index is 0.0208. The van der Waals surface area contributed by atoms with Crippen LogP contribution in [0.4, 0.5) is 0 Å². The Morgan fingerprint density at radius 2 is 2.33 bits per heavy atom. The predicted molar refractivity (Wildman–Crippen MR) is 57.9 cm³/mol. The van der Waals surface area contributed by atoms with Gasteiger partial charge in [-0.25, -0.2) is 4.98 Å². The van der Waals surface area contributed by atoms with Crippen molar-refractivity contribution in [2.75, 3.05) is 6.54 Å². The first-order valence-corrected chi connectivity index (χ1v) is 5.59. The van der Waals surface area contributed by atoms with E-state index < -0.39 is 0 Å². The summed E-state index contributed by atoms with van der Waals surface area (Å²) in [6.45, 7) is 3.03. The summed E-state index contributed by atoms with van der Waals surface area (Å²) in [5.41, 5.74) is 7.11. The van der Waals surface area contributed by atoms with Gasteiger partial charge in [-0.3, -0.25) is 4.79 Å². The molecule has 0 radical (unpaired) electrons. The minimum absolute atomic E-state index is 0.0208. The maximum atomic E-state index is 11.7. The smallest absolute Gasteiger partial charge is 0.194 e. The topological polar surface area (TPSA) is 60.9 Å². The van der Waals surface area contributed by atoms with Crippen LogP contribution in [0.25, 0.3) is 0 Å². The van der Waals surface area contributed by atoms with Crippen molar-refractivity contribution in [3.05, 3.63) is 17.2 Å². The van der Waals surface area contributed by atoms with E-state index in [9.17, 15) is 4.79 Å². The molecule has 1 aromatic rings. The number of Topliss-reactive ketones (excluding diaryl/α,β-unsaturated/α-hetero) is 1. The quantitative estimate of drug-likeness (QED) is 0.750. The Hall–Kier alpha value is -1.16. The van der Waals surface area contributed by atoms with E-state index >= 15 is 0 Å². The molecule has 2 heterocycles. The highest BCUT2D eigenvalue weighted by atomic mass is 16.1. The Morgan fingerprint density at radius 1 is 1.53 bits per heavy atom. The summed E-state index contributed by atoms with van der Waals surface area (Å²) < 4.78 is 2.07. The second-order valence-electron chi connectivity index (χ2n) is 3.91. The summed E-state index contributed by atoms with van der Waals surface area (Å²) in [5, 5.41) is 0. The van der Waals surface area contributed by atoms with Crippen LogP contribution in [-0.2, 0) is 19.4 Å². The fourth-order valence-corrected chi connectivity index (χ4v) is 2.19. The zero-order valence-electron chi connectivity index (χ0n) is 9.12. The van der Waals surface area contributed by atoms with Crippen molar-refractivity contribution in [1.29, 1.82) is 0 Å². The number of carbonyl (C=O) groups excluding carboxylic acids is 1. The number of fused-ring (bicyclic) bond motifs is 1. The molecule has 0 spiro atoms. The lowest BCUT2D eigenvalue weighted by Gasteiger charge is -2.15. The van der Waals surface area contributed by atoms with Crippen molar-refractivity contribution in [2.45, 2.75) is 39.2 Å². The maximum absolute atomic E-state index is 11.7. The Morgan fingerprint density at radius 3 is 3.00 bits per heavy atom. The summed E-state index contributed by atoms with van der Waals surface area (Å²) in [6, 6.07) is 0. The molecule has 0 aliphatic carbocycles. The van der Waals surface area contributed by atoms with Gasteiger partial charge in [-0.2, -0.15) is 0 Å². The Bertz CT molecular complexity index is 381. The molecular formula is C11H17N3O. The van der Waals surface area contributed by atoms with Crippen molar-refractivity contribution < 1.29 is 4.79 Å². The lowest BCUT2D eigenvalue weighted by Crippen LogP contribution is -2.21. The molecular weight excluding hydrogens is 190 g/mol. The molecule has 2 rings (SSSR count). The molecule has 4 nitrogen and oxygen atoms in total. The third-order valence-electron chi connectivity index (χ3n) is 2.94. The zero-order chi connectivity index (χ0) is 10.8. The molecule has 0 bridgehead atoms. The molecule has 0 fully saturated rings. The lowest BCUT2D eigenvalue weighted by molar-refractivity contribution is 0.0990. The van der Waals surface area contributed by atoms with E-state index in [2.05, 4.69) is 9.55 Å². The van der Waals surface area contributed by atoms with Gasteiger partial charge in [0.05, 0.1) is 12.2 Å². The molecule has 0 unspecified atom stereocenters. The number of aryl methyl sites for hydroxylation is 2. The molecule has 0 saturated heterocycles. The number of ketones is 1. The molecule has 0 atom stereocenters. The average molecular weight is 207 g/mol. The maximum Gasteiger partial charge on any atom is 0.194 e. The van der Waals surface area contributed by atoms with Crippen LogP contribution in [0, 0.1) is 0 Å². The highest BCUT2D eigenvalue weighted by molar-refractivity contribution is 5.97. The Balaban J connectivity index is 2.49. The standard InChI is InChI=1S/C11H17N3O/c1-2-8-11(9(15)7-12)14-6-4-3-5-10(14)13-8/h2-7,12H2,1H3. The first-order valence-electron chi connectivity index (χ1n) is 5.59. The molecule has 0 aromatic carbocycles. The van der Waals surface area contributed by atoms with Gasteiger partial charge < -0.3 is 10.3 Å². The van der Waals surface area contributed by atoms with Gasteiger partial charge in [0, 0.05) is 13.0 Å². The fourth-order valence-electron chi connectivity index (χ4n) is 2.19. The van der Waals surface area contributed by atoms with Crippen molar-refractivity contribution in [3.63, 3.8) is 0 Å². The van der Waals surface area contributed by atoms with Gasteiger partial charge >= 0.3 is 0 Å². The number of carbonyl (C=O) groups is 1. The summed E-state index contributed by atoms with van der Waals surface area (Å²) in [7, 11) is 0. The highest BCUT2D eigenvalue weighted by Crippen LogP contribution is 2.20. The number of aromatic nitrogens is 2. The largest absolute Gasteiger partial charge is 0.325 e. The first-order chi connectivity index (χ1) is 7.27. The number of nitrogens with two attached hydrogens (primary N) is 1. The number of hydrogen-bond acceptors (Lipinski definition) is 3. The van der Waals surface area contributed by atoms with Crippen molar-refractivity contribution >= 4 is 5.78 Å². The van der Waals surface area contributed by atoms with Gasteiger partial charge in [0.25, 0.3) is 0 Å². The SMILES string of the molecule is CCc1nc2n(c1C(=O)CN)CCCC2. The summed E-state index contributed by atoms with van der Waals surface area (Å²) in [4.78, 5) is 16.3. The second-order valence-corrected chi connectivity index (χ2v) is 3.91. The molecule has 15 heavy (non-hydrogen) atoms. The van der Waals surface area contributed by atoms with Crippen LogP contribution >= 0.6 is 0 Å². The fraction of sp³-hybridized carbons (Fsp3) is 0.636. The van der Waals surface area contributed by atoms with E-state index in [0.29, 0.717) is 0 Å². The Kier molecular flexibility index (Phi) is 2.86. The monoisotopic (exact) mass is 207 g/mol. The zero-order valence-corrected chi connectivity index (χ0v) is 9.12. The normalized spacial score (nSPS) is 15.1. The molecule has 2 N–H and O–H groups in total. The van der Waals surface area contributed by atoms with Gasteiger partial charge in [-0.05, 0) is 19.3 Å². The van der Waals surface area contributed by atoms with E-state index in [1.807, 2.05) is 6.92 Å². The van der Waals surface area contributed by atoms with Crippen molar-refractivity contribution in [3.8, 4) is 0 Å². The van der Waals surface area contributed by atoms with Crippen molar-refractivity contribution in [2.24, 2.45) is 5.73 Å². The average Bonchev–Trinajstić information content (AvgIpc) is 2.66. The summed E-state index contributed by atoms with van der Waals surface area (Å²) in [5.74, 6) is 1.09. The Labute approximate surface area is 89.5 Å². The first kappa shape index (κ1) is 10.4. The third-order valence-corrected chi connectivity index (χ3v) is 2.94. The van der Waals surface area contributed by atoms with Gasteiger partial charge in [0.2, 0.25) is 0 Å². The van der Waals surface area contributed by atoms with E-state index in [1.165, 1.54) is 6.42 Å². The van der Waals surface area contributed by atoms with Crippen LogP contribution in [0.2, 0.25) is 0 Å². The number of hydrogen-bond donors (Lipinski definition) is 1. The van der Waals surface area contributed by atoms with Crippen LogP contribution in [0.3, 0.4) is 0 Å². The third kappa shape index (κ3) is 1.69. The molecule has 82 valence electrons. The molecule has 1 aliphatic heterocycles.